The van der Waals surface area contributed by atoms with Crippen LogP contribution in [0.25, 0.3) is 0 Å². The number of amides is 3. The van der Waals surface area contributed by atoms with E-state index in [1.54, 1.807) is 16.9 Å². The Morgan fingerprint density at radius 1 is 1.10 bits per heavy atom. The van der Waals surface area contributed by atoms with Crippen LogP contribution in [0.3, 0.4) is 0 Å². The number of esters is 1. The average molecular weight is 402 g/mol. The summed E-state index contributed by atoms with van der Waals surface area (Å²) in [5.74, 6) is -2.37. The van der Waals surface area contributed by atoms with Crippen molar-refractivity contribution in [3.05, 3.63) is 24.4 Å². The number of hydrogen-bond acceptors (Lipinski definition) is 6. The molecule has 1 aliphatic carbocycles. The summed E-state index contributed by atoms with van der Waals surface area (Å²) in [6, 6.07) is 0.604. The molecule has 3 rings (SSSR count). The number of allylic oxidation sites excluding steroid dienone is 2. The van der Waals surface area contributed by atoms with Crippen molar-refractivity contribution in [1.29, 1.82) is 0 Å². The molecule has 156 valence electrons. The van der Waals surface area contributed by atoms with Crippen molar-refractivity contribution in [1.82, 2.24) is 14.7 Å². The highest BCUT2D eigenvalue weighted by atomic mass is 16.5. The third-order valence-corrected chi connectivity index (χ3v) is 5.34. The van der Waals surface area contributed by atoms with Crippen LogP contribution in [0.1, 0.15) is 46.6 Å². The number of rotatable bonds is 6. The maximum absolute atomic E-state index is 12.6. The molecule has 2 heterocycles. The summed E-state index contributed by atoms with van der Waals surface area (Å²) in [7, 11) is 0. The standard InChI is InChI=1S/C20H26N4O5/c1-11(2)24-16(9-10-21-24)22-17(25)13(4)29-20(28)12(3)23-18(26)14-7-5-6-8-15(14)19(23)27/h5-6,9-15H,7-8H2,1-4H3,(H,22,25)/t12-,13+,14-,15+/m1/s1. The second-order valence-electron chi connectivity index (χ2n) is 7.70. The Kier molecular flexibility index (Phi) is 5.86. The molecule has 1 aliphatic heterocycles. The average Bonchev–Trinajstić information content (AvgIpc) is 3.24. The molecule has 0 spiro atoms. The first-order valence-corrected chi connectivity index (χ1v) is 9.79. The number of anilines is 1. The third kappa shape index (κ3) is 3.94. The zero-order valence-corrected chi connectivity index (χ0v) is 17.0. The molecule has 9 nitrogen and oxygen atoms in total. The second kappa shape index (κ2) is 8.18. The van der Waals surface area contributed by atoms with Gasteiger partial charge in [0, 0.05) is 12.1 Å². The van der Waals surface area contributed by atoms with Gasteiger partial charge in [0.25, 0.3) is 5.91 Å². The van der Waals surface area contributed by atoms with Gasteiger partial charge < -0.3 is 10.1 Å². The molecular weight excluding hydrogens is 376 g/mol. The normalized spacial score (nSPS) is 23.1. The molecule has 3 amide bonds. The number of carbonyl (C=O) groups excluding carboxylic acids is 4. The molecule has 1 aromatic heterocycles. The van der Waals surface area contributed by atoms with Gasteiger partial charge in [0.2, 0.25) is 11.8 Å². The fraction of sp³-hybridized carbons (Fsp3) is 0.550. The van der Waals surface area contributed by atoms with Crippen LogP contribution in [-0.2, 0) is 23.9 Å². The molecule has 1 aromatic rings. The summed E-state index contributed by atoms with van der Waals surface area (Å²) < 4.78 is 6.87. The van der Waals surface area contributed by atoms with E-state index in [1.165, 1.54) is 13.8 Å². The fourth-order valence-corrected chi connectivity index (χ4v) is 3.69. The van der Waals surface area contributed by atoms with Crippen molar-refractivity contribution in [2.45, 2.75) is 58.7 Å². The van der Waals surface area contributed by atoms with Gasteiger partial charge in [0.1, 0.15) is 11.9 Å². The molecule has 1 fully saturated rings. The first kappa shape index (κ1) is 20.8. The van der Waals surface area contributed by atoms with Gasteiger partial charge >= 0.3 is 5.97 Å². The summed E-state index contributed by atoms with van der Waals surface area (Å²) in [6.45, 7) is 6.73. The molecule has 9 heteroatoms. The highest BCUT2D eigenvalue weighted by molar-refractivity contribution is 6.08. The van der Waals surface area contributed by atoms with Crippen LogP contribution in [0.5, 0.6) is 0 Å². The quantitative estimate of drug-likeness (QED) is 0.440. The van der Waals surface area contributed by atoms with E-state index in [0.29, 0.717) is 18.7 Å². The summed E-state index contributed by atoms with van der Waals surface area (Å²) in [4.78, 5) is 51.1. The molecule has 4 atom stereocenters. The van der Waals surface area contributed by atoms with Crippen molar-refractivity contribution in [2.75, 3.05) is 5.32 Å². The number of likely N-dealkylation sites (tertiary alicyclic amines) is 1. The summed E-state index contributed by atoms with van der Waals surface area (Å²) >= 11 is 0. The molecule has 1 N–H and O–H groups in total. The van der Waals surface area contributed by atoms with Gasteiger partial charge in [0.05, 0.1) is 18.0 Å². The van der Waals surface area contributed by atoms with E-state index in [4.69, 9.17) is 4.74 Å². The lowest BCUT2D eigenvalue weighted by Gasteiger charge is -2.23. The van der Waals surface area contributed by atoms with Crippen molar-refractivity contribution < 1.29 is 23.9 Å². The van der Waals surface area contributed by atoms with Gasteiger partial charge in [-0.1, -0.05) is 12.2 Å². The Morgan fingerprint density at radius 3 is 2.24 bits per heavy atom. The second-order valence-corrected chi connectivity index (χ2v) is 7.70. The van der Waals surface area contributed by atoms with Crippen LogP contribution in [0.4, 0.5) is 5.82 Å². The van der Waals surface area contributed by atoms with E-state index in [2.05, 4.69) is 10.4 Å². The Balaban J connectivity index is 1.62. The van der Waals surface area contributed by atoms with Gasteiger partial charge in [-0.15, -0.1) is 0 Å². The molecule has 29 heavy (non-hydrogen) atoms. The number of hydrogen-bond donors (Lipinski definition) is 1. The molecule has 0 radical (unpaired) electrons. The maximum Gasteiger partial charge on any atom is 0.329 e. The zero-order valence-electron chi connectivity index (χ0n) is 17.0. The maximum atomic E-state index is 12.6. The summed E-state index contributed by atoms with van der Waals surface area (Å²) in [6.07, 6.45) is 5.22. The first-order valence-electron chi connectivity index (χ1n) is 9.79. The van der Waals surface area contributed by atoms with Gasteiger partial charge in [0.15, 0.2) is 6.10 Å². The van der Waals surface area contributed by atoms with E-state index < -0.39 is 35.9 Å². The van der Waals surface area contributed by atoms with E-state index in [1.807, 2.05) is 26.0 Å². The molecule has 0 saturated carbocycles. The predicted molar refractivity (Wildman–Crippen MR) is 103 cm³/mol. The number of imide groups is 1. The summed E-state index contributed by atoms with van der Waals surface area (Å²) in [5.41, 5.74) is 0. The van der Waals surface area contributed by atoms with Gasteiger partial charge in [-0.3, -0.25) is 19.3 Å². The molecule has 1 saturated heterocycles. The largest absolute Gasteiger partial charge is 0.451 e. The minimum absolute atomic E-state index is 0.0448. The van der Waals surface area contributed by atoms with E-state index in [9.17, 15) is 19.2 Å². The number of nitrogens with one attached hydrogen (secondary N) is 1. The molecule has 0 unspecified atom stereocenters. The molecule has 0 aromatic carbocycles. The molecular formula is C20H26N4O5. The number of carbonyl (C=O) groups is 4. The highest BCUT2D eigenvalue weighted by Crippen LogP contribution is 2.36. The number of nitrogens with zero attached hydrogens (tertiary/aromatic N) is 3. The van der Waals surface area contributed by atoms with Crippen LogP contribution in [-0.4, -0.2) is 50.5 Å². The lowest BCUT2D eigenvalue weighted by Crippen LogP contribution is -2.46. The topological polar surface area (TPSA) is 111 Å². The van der Waals surface area contributed by atoms with Crippen molar-refractivity contribution in [3.63, 3.8) is 0 Å². The van der Waals surface area contributed by atoms with Gasteiger partial charge in [-0.25, -0.2) is 9.48 Å². The minimum Gasteiger partial charge on any atom is -0.451 e. The highest BCUT2D eigenvalue weighted by Gasteiger charge is 2.50. The van der Waals surface area contributed by atoms with E-state index in [-0.39, 0.29) is 17.9 Å². The van der Waals surface area contributed by atoms with E-state index >= 15 is 0 Å². The van der Waals surface area contributed by atoms with Gasteiger partial charge in [-0.2, -0.15) is 5.10 Å². The van der Waals surface area contributed by atoms with Crippen molar-refractivity contribution in [3.8, 4) is 0 Å². The number of aromatic nitrogens is 2. The SMILES string of the molecule is CC(C)n1nccc1NC(=O)[C@H](C)OC(=O)[C@@H](C)N1C(=O)[C@H]2CC=CC[C@H]2C1=O. The Morgan fingerprint density at radius 2 is 1.69 bits per heavy atom. The first-order chi connectivity index (χ1) is 13.7. The van der Waals surface area contributed by atoms with Crippen LogP contribution in [0, 0.1) is 11.8 Å². The van der Waals surface area contributed by atoms with Crippen molar-refractivity contribution >= 4 is 29.5 Å². The van der Waals surface area contributed by atoms with E-state index in [0.717, 1.165) is 4.90 Å². The Labute approximate surface area is 169 Å². The Bertz CT molecular complexity index is 833. The van der Waals surface area contributed by atoms with Crippen molar-refractivity contribution in [2.24, 2.45) is 11.8 Å². The smallest absolute Gasteiger partial charge is 0.329 e. The zero-order chi connectivity index (χ0) is 21.3. The summed E-state index contributed by atoms with van der Waals surface area (Å²) in [5, 5.41) is 6.80. The molecule has 2 aliphatic rings. The monoisotopic (exact) mass is 402 g/mol. The molecule has 0 bridgehead atoms. The Hall–Kier alpha value is -2.97. The fourth-order valence-electron chi connectivity index (χ4n) is 3.69. The van der Waals surface area contributed by atoms with Crippen LogP contribution in [0.2, 0.25) is 0 Å². The lowest BCUT2D eigenvalue weighted by molar-refractivity contribution is -0.163. The van der Waals surface area contributed by atoms with Gasteiger partial charge in [-0.05, 0) is 40.5 Å². The lowest BCUT2D eigenvalue weighted by atomic mass is 9.85. The third-order valence-electron chi connectivity index (χ3n) is 5.34. The van der Waals surface area contributed by atoms with Crippen LogP contribution in [0.15, 0.2) is 24.4 Å². The predicted octanol–water partition coefficient (Wildman–Crippen LogP) is 1.67. The van der Waals surface area contributed by atoms with Crippen LogP contribution >= 0.6 is 0 Å². The number of fused-ring (bicyclic) bond motifs is 1. The minimum atomic E-state index is -1.10. The number of ether oxygens (including phenoxy) is 1. The van der Waals surface area contributed by atoms with Crippen LogP contribution < -0.4 is 5.32 Å².